The van der Waals surface area contributed by atoms with Crippen LogP contribution in [0.25, 0.3) is 0 Å². The summed E-state index contributed by atoms with van der Waals surface area (Å²) < 4.78 is 104. The summed E-state index contributed by atoms with van der Waals surface area (Å²) in [6.45, 7) is 53.1. The molecule has 0 saturated heterocycles. The maximum absolute atomic E-state index is 12.1. The molecule has 0 rings (SSSR count). The zero-order valence-corrected chi connectivity index (χ0v) is 91.2. The summed E-state index contributed by atoms with van der Waals surface area (Å²) in [5, 5.41) is 0. The second kappa shape index (κ2) is 90.7. The van der Waals surface area contributed by atoms with E-state index in [4.69, 9.17) is 27.1 Å². The van der Waals surface area contributed by atoms with Crippen LogP contribution in [0.5, 0.6) is 0 Å². The summed E-state index contributed by atoms with van der Waals surface area (Å²) in [5.41, 5.74) is 0. The van der Waals surface area contributed by atoms with Gasteiger partial charge in [0.1, 0.15) is 45.6 Å². The van der Waals surface area contributed by atoms with Gasteiger partial charge >= 0.3 is 21.1 Å². The van der Waals surface area contributed by atoms with E-state index in [0.717, 1.165) is 308 Å². The molecule has 18 unspecified atom stereocenters. The van der Waals surface area contributed by atoms with Crippen molar-refractivity contribution < 1.29 is 105 Å². The summed E-state index contributed by atoms with van der Waals surface area (Å²) in [6.07, 6.45) is 52.3. The van der Waals surface area contributed by atoms with Crippen LogP contribution in [0, 0.1) is 71.0 Å². The first-order valence-corrected chi connectivity index (χ1v) is 61.0. The van der Waals surface area contributed by atoms with Crippen LogP contribution in [0.15, 0.2) is 0 Å². The molecule has 18 atom stereocenters. The smallest absolute Gasteiger partial charge is 0.778 e. The van der Waals surface area contributed by atoms with Crippen molar-refractivity contribution in [2.75, 3.05) is 76.6 Å². The van der Waals surface area contributed by atoms with Gasteiger partial charge in [-0.2, -0.15) is 0 Å². The van der Waals surface area contributed by atoms with Crippen LogP contribution in [-0.2, 0) is 75.6 Å². The molecule has 0 aromatic rings. The van der Waals surface area contributed by atoms with Crippen molar-refractivity contribution in [3.63, 3.8) is 0 Å². The van der Waals surface area contributed by atoms with Crippen molar-refractivity contribution >= 4 is 45.6 Å². The maximum Gasteiger partial charge on any atom is 6.00 e. The van der Waals surface area contributed by atoms with E-state index in [2.05, 4.69) is 166 Å². The first-order chi connectivity index (χ1) is 56.9. The largest absolute Gasteiger partial charge is 6.00 e. The molecule has 0 aliphatic heterocycles. The molecule has 25 heteroatoms. The van der Waals surface area contributed by atoms with Gasteiger partial charge in [-0.05, 0) is 148 Å². The second-order valence-electron chi connectivity index (χ2n) is 35.5. The molecule has 0 amide bonds. The monoisotopic (exact) mass is 1930 g/mol. The average Bonchev–Trinajstić information content (AvgIpc) is 0.927. The van der Waals surface area contributed by atoms with Crippen molar-refractivity contribution in [1.82, 2.24) is 0 Å². The van der Waals surface area contributed by atoms with Crippen molar-refractivity contribution in [1.29, 1.82) is 0 Å². The van der Waals surface area contributed by atoms with E-state index in [1.54, 1.807) is 0 Å². The molecule has 0 heterocycles. The van der Waals surface area contributed by atoms with Crippen LogP contribution < -0.4 is 29.4 Å². The number of hydrogen-bond donors (Lipinski definition) is 0. The summed E-state index contributed by atoms with van der Waals surface area (Å²) in [5.74, 6) is 3.84. The average molecular weight is 1930 g/mol. The van der Waals surface area contributed by atoms with Gasteiger partial charge in [0.15, 0.2) is 0 Å². The molecule has 0 aliphatic rings. The predicted molar refractivity (Wildman–Crippen MR) is 510 cm³/mol. The van der Waals surface area contributed by atoms with Crippen LogP contribution >= 0.6 is 45.6 Å². The number of rotatable bonds is 78. The van der Waals surface area contributed by atoms with E-state index in [0.29, 0.717) is 75.1 Å². The van der Waals surface area contributed by atoms with Gasteiger partial charge in [0.25, 0.3) is 0 Å². The molecule has 0 bridgehead atoms. The minimum atomic E-state index is -3.65. The fraction of sp³-hybridized carbons (Fsp3) is 1.00. The standard InChI is InChI=1S/6C16H35O3P.Mo/c6*1-5-9-11-15(7-3)13-19-20(17,18)14-16(8-4)12-10-6-2;/h6*15-16H,5-14H2,1-4H3,(H,17,18);/q;;;;;;+6/p-6. The van der Waals surface area contributed by atoms with Crippen LogP contribution in [-0.4, -0.2) is 76.6 Å². The van der Waals surface area contributed by atoms with Crippen LogP contribution in [0.1, 0.15) is 474 Å². The van der Waals surface area contributed by atoms with Crippen molar-refractivity contribution in [3.05, 3.63) is 0 Å². The van der Waals surface area contributed by atoms with Gasteiger partial charge in [-0.25, -0.2) is 0 Å². The van der Waals surface area contributed by atoms with E-state index >= 15 is 0 Å². The fourth-order valence-electron chi connectivity index (χ4n) is 14.4. The van der Waals surface area contributed by atoms with E-state index in [9.17, 15) is 56.8 Å². The molecular formula is C96H204MoO18P6. The Morgan fingerprint density at radius 2 is 0.248 bits per heavy atom. The Morgan fingerprint density at radius 1 is 0.165 bits per heavy atom. The summed E-state index contributed by atoms with van der Waals surface area (Å²) in [4.78, 5) is 72.4. The fourth-order valence-corrected chi connectivity index (χ4v) is 24.1. The Morgan fingerprint density at radius 3 is 0.322 bits per heavy atom. The van der Waals surface area contributed by atoms with E-state index in [-0.39, 0.29) is 93.5 Å². The predicted octanol–water partition coefficient (Wildman–Crippen LogP) is 29.9. The van der Waals surface area contributed by atoms with Crippen LogP contribution in [0.3, 0.4) is 0 Å². The molecule has 0 aromatic heterocycles. The van der Waals surface area contributed by atoms with Crippen molar-refractivity contribution in [3.8, 4) is 0 Å². The van der Waals surface area contributed by atoms with Gasteiger partial charge in [0, 0.05) is 37.0 Å². The molecule has 18 nitrogen and oxygen atoms in total. The van der Waals surface area contributed by atoms with Gasteiger partial charge in [0.2, 0.25) is 0 Å². The Hall–Kier alpha value is 1.59. The minimum Gasteiger partial charge on any atom is -0.778 e. The van der Waals surface area contributed by atoms with Gasteiger partial charge in [0.05, 0.1) is 39.6 Å². The molecule has 0 radical (unpaired) electrons. The van der Waals surface area contributed by atoms with Gasteiger partial charge in [-0.15, -0.1) is 0 Å². The summed E-state index contributed by atoms with van der Waals surface area (Å²) in [7, 11) is -21.9. The minimum absolute atomic E-state index is 0. The summed E-state index contributed by atoms with van der Waals surface area (Å²) in [6, 6.07) is 0. The molecule has 0 aliphatic carbocycles. The zero-order chi connectivity index (χ0) is 92.6. The van der Waals surface area contributed by atoms with Gasteiger partial charge in [-0.1, -0.05) is 397 Å². The molecule has 0 aromatic carbocycles. The zero-order valence-electron chi connectivity index (χ0n) is 83.8. The normalized spacial score (nSPS) is 17.5. The number of hydrogen-bond acceptors (Lipinski definition) is 18. The Kier molecular flexibility index (Phi) is 102. The SMILES string of the molecule is CCCCC(CC)COP(=O)([O-])CC(CC)CCCC.CCCCC(CC)COP(=O)([O-])CC(CC)CCCC.CCCCC(CC)COP(=O)([O-])CC(CC)CCCC.CCCCC(CC)COP(=O)([O-])CC(CC)CCCC.CCCCC(CC)COP(=O)([O-])CC(CC)CCCC.CCCCC(CC)COP(=O)([O-])CC(CC)CCCC.[Mo+6]. The third-order valence-electron chi connectivity index (χ3n) is 24.5. The first kappa shape index (κ1) is 136. The van der Waals surface area contributed by atoms with Crippen LogP contribution in [0.4, 0.5) is 0 Å². The molecular weight excluding hydrogens is 1720 g/mol. The van der Waals surface area contributed by atoms with E-state index in [1.165, 1.54) is 0 Å². The third kappa shape index (κ3) is 89.2. The van der Waals surface area contributed by atoms with Gasteiger partial charge in [-0.3, -0.25) is 0 Å². The van der Waals surface area contributed by atoms with E-state index in [1.807, 2.05) is 0 Å². The van der Waals surface area contributed by atoms with Crippen LogP contribution in [0.2, 0.25) is 0 Å². The van der Waals surface area contributed by atoms with Crippen molar-refractivity contribution in [2.24, 2.45) is 71.0 Å². The Bertz CT molecular complexity index is 2040. The van der Waals surface area contributed by atoms with Crippen molar-refractivity contribution in [2.45, 2.75) is 474 Å². The molecule has 0 fully saturated rings. The quantitative estimate of drug-likeness (QED) is 0.0403. The van der Waals surface area contributed by atoms with E-state index < -0.39 is 45.6 Å². The molecule has 0 spiro atoms. The topological polar surface area (TPSA) is 296 Å². The van der Waals surface area contributed by atoms with Gasteiger partial charge < -0.3 is 83.9 Å². The molecule has 0 saturated carbocycles. The Balaban J connectivity index is -0.000000257. The molecule has 0 N–H and O–H groups in total. The number of unbranched alkanes of at least 4 members (excludes halogenated alkanes) is 12. The third-order valence-corrected chi connectivity index (χ3v) is 33.5. The second-order valence-corrected chi connectivity index (χ2v) is 46.6. The molecule has 732 valence electrons. The molecule has 121 heavy (non-hydrogen) atoms. The maximum atomic E-state index is 12.1. The summed E-state index contributed by atoms with van der Waals surface area (Å²) >= 11 is 0. The Labute approximate surface area is 767 Å². The first-order valence-electron chi connectivity index (χ1n) is 50.6.